The lowest BCUT2D eigenvalue weighted by atomic mass is 9.97. The Kier molecular flexibility index (Phi) is 6.68. The highest BCUT2D eigenvalue weighted by molar-refractivity contribution is 5.79. The summed E-state index contributed by atoms with van der Waals surface area (Å²) in [6.07, 6.45) is 3.44. The molecule has 1 aliphatic heterocycles. The lowest BCUT2D eigenvalue weighted by molar-refractivity contribution is -0.125. The summed E-state index contributed by atoms with van der Waals surface area (Å²) in [4.78, 5) is 28.5. The van der Waals surface area contributed by atoms with E-state index in [4.69, 9.17) is 0 Å². The van der Waals surface area contributed by atoms with E-state index < -0.39 is 0 Å². The number of hydrogen-bond acceptors (Lipinski definition) is 5. The van der Waals surface area contributed by atoms with Crippen LogP contribution >= 0.6 is 0 Å². The lowest BCUT2D eigenvalue weighted by Crippen LogP contribution is -2.45. The van der Waals surface area contributed by atoms with Crippen molar-refractivity contribution in [1.29, 1.82) is 0 Å². The van der Waals surface area contributed by atoms with Gasteiger partial charge in [0.1, 0.15) is 0 Å². The number of carbonyl (C=O) groups excluding carboxylic acids is 1. The van der Waals surface area contributed by atoms with E-state index >= 15 is 0 Å². The van der Waals surface area contributed by atoms with Gasteiger partial charge in [-0.15, -0.1) is 0 Å². The zero-order valence-electron chi connectivity index (χ0n) is 16.6. The first kappa shape index (κ1) is 19.9. The van der Waals surface area contributed by atoms with E-state index in [0.717, 1.165) is 38.2 Å². The molecule has 1 amide bonds. The van der Waals surface area contributed by atoms with Crippen LogP contribution in [0.25, 0.3) is 0 Å². The highest BCUT2D eigenvalue weighted by atomic mass is 16.2. The van der Waals surface area contributed by atoms with E-state index in [1.54, 1.807) is 6.20 Å². The van der Waals surface area contributed by atoms with Crippen molar-refractivity contribution in [2.75, 3.05) is 42.5 Å². The van der Waals surface area contributed by atoms with Gasteiger partial charge in [0, 0.05) is 44.5 Å². The van der Waals surface area contributed by atoms with Crippen molar-refractivity contribution in [2.24, 2.45) is 5.92 Å². The number of anilines is 2. The van der Waals surface area contributed by atoms with Crippen LogP contribution in [0.15, 0.2) is 41.3 Å². The van der Waals surface area contributed by atoms with Crippen LogP contribution in [0, 0.1) is 12.8 Å². The predicted molar refractivity (Wildman–Crippen MR) is 112 cm³/mol. The minimum absolute atomic E-state index is 0.0675. The van der Waals surface area contributed by atoms with E-state index in [-0.39, 0.29) is 17.4 Å². The van der Waals surface area contributed by atoms with Gasteiger partial charge in [0.25, 0.3) is 5.56 Å². The molecule has 1 fully saturated rings. The van der Waals surface area contributed by atoms with Crippen molar-refractivity contribution >= 4 is 17.3 Å². The first-order valence-corrected chi connectivity index (χ1v) is 9.96. The third-order valence-electron chi connectivity index (χ3n) is 5.24. The number of piperidine rings is 1. The number of H-pyrrole nitrogens is 1. The molecule has 28 heavy (non-hydrogen) atoms. The van der Waals surface area contributed by atoms with Crippen LogP contribution in [-0.2, 0) is 4.79 Å². The van der Waals surface area contributed by atoms with Crippen molar-refractivity contribution in [1.82, 2.24) is 15.5 Å². The molecule has 0 aliphatic carbocycles. The van der Waals surface area contributed by atoms with Gasteiger partial charge in [-0.3, -0.25) is 9.59 Å². The van der Waals surface area contributed by atoms with Crippen molar-refractivity contribution in [3.05, 3.63) is 52.4 Å². The molecule has 7 nitrogen and oxygen atoms in total. The number of aryl methyl sites for hydroxylation is 1. The molecule has 1 aromatic carbocycles. The zero-order valence-corrected chi connectivity index (χ0v) is 16.6. The molecule has 1 aromatic heterocycles. The Morgan fingerprint density at radius 3 is 3.00 bits per heavy atom. The first-order valence-electron chi connectivity index (χ1n) is 9.96. The maximum absolute atomic E-state index is 12.7. The lowest BCUT2D eigenvalue weighted by Gasteiger charge is -2.33. The fourth-order valence-corrected chi connectivity index (χ4v) is 3.72. The predicted octanol–water partition coefficient (Wildman–Crippen LogP) is 1.94. The summed E-state index contributed by atoms with van der Waals surface area (Å²) in [5.74, 6) is 0.0184. The summed E-state index contributed by atoms with van der Waals surface area (Å²) < 4.78 is 0. The van der Waals surface area contributed by atoms with E-state index in [1.165, 1.54) is 17.3 Å². The minimum Gasteiger partial charge on any atom is -0.370 e. The minimum atomic E-state index is -0.222. The number of benzene rings is 1. The van der Waals surface area contributed by atoms with Crippen molar-refractivity contribution in [2.45, 2.75) is 26.7 Å². The quantitative estimate of drug-likeness (QED) is 0.764. The number of aromatic amines is 1. The molecule has 0 bridgehead atoms. The smallest absolute Gasteiger partial charge is 0.266 e. The van der Waals surface area contributed by atoms with Crippen LogP contribution in [0.1, 0.15) is 25.3 Å². The average Bonchev–Trinajstić information content (AvgIpc) is 2.71. The summed E-state index contributed by atoms with van der Waals surface area (Å²) >= 11 is 0. The van der Waals surface area contributed by atoms with Crippen LogP contribution in [0.4, 0.5) is 11.4 Å². The highest BCUT2D eigenvalue weighted by Gasteiger charge is 2.26. The molecule has 2 aromatic rings. The fourth-order valence-electron chi connectivity index (χ4n) is 3.72. The van der Waals surface area contributed by atoms with Gasteiger partial charge in [-0.2, -0.15) is 5.10 Å². The van der Waals surface area contributed by atoms with Crippen LogP contribution in [0.3, 0.4) is 0 Å². The molecule has 2 N–H and O–H groups in total. The molecule has 2 heterocycles. The summed E-state index contributed by atoms with van der Waals surface area (Å²) in [7, 11) is 0. The summed E-state index contributed by atoms with van der Waals surface area (Å²) in [5, 5.41) is 9.34. The maximum atomic E-state index is 12.7. The van der Waals surface area contributed by atoms with E-state index in [9.17, 15) is 9.59 Å². The normalized spacial score (nSPS) is 16.6. The number of aromatic nitrogens is 2. The molecule has 1 unspecified atom stereocenters. The Morgan fingerprint density at radius 1 is 1.39 bits per heavy atom. The zero-order chi connectivity index (χ0) is 19.9. The van der Waals surface area contributed by atoms with Gasteiger partial charge in [-0.1, -0.05) is 12.1 Å². The highest BCUT2D eigenvalue weighted by Crippen LogP contribution is 2.21. The number of nitrogens with one attached hydrogen (secondary N) is 2. The summed E-state index contributed by atoms with van der Waals surface area (Å²) in [6, 6.07) is 9.96. The van der Waals surface area contributed by atoms with Crippen LogP contribution < -0.4 is 20.7 Å². The van der Waals surface area contributed by atoms with Crippen molar-refractivity contribution in [3.63, 3.8) is 0 Å². The Labute approximate surface area is 165 Å². The molecular formula is C21H29N5O2. The second kappa shape index (κ2) is 9.39. The molecule has 0 saturated carbocycles. The van der Waals surface area contributed by atoms with E-state index in [2.05, 4.69) is 63.4 Å². The topological polar surface area (TPSA) is 81.3 Å². The number of carbonyl (C=O) groups is 1. The average molecular weight is 383 g/mol. The summed E-state index contributed by atoms with van der Waals surface area (Å²) in [5.41, 5.74) is 2.97. The van der Waals surface area contributed by atoms with Gasteiger partial charge < -0.3 is 15.1 Å². The van der Waals surface area contributed by atoms with Crippen LogP contribution in [-0.4, -0.2) is 48.8 Å². The number of likely N-dealkylation sites (N-methyl/N-ethyl adjacent to an activating group) is 1. The Balaban J connectivity index is 1.52. The largest absolute Gasteiger partial charge is 0.370 e. The molecule has 7 heteroatoms. The van der Waals surface area contributed by atoms with Gasteiger partial charge in [0.2, 0.25) is 5.91 Å². The SMILES string of the molecule is CCN(CCNC(=O)C1CCCN(c2cn[nH]c(=O)c2)C1)c1cccc(C)c1. The number of nitrogens with zero attached hydrogens (tertiary/aromatic N) is 3. The Morgan fingerprint density at radius 2 is 2.25 bits per heavy atom. The molecule has 0 radical (unpaired) electrons. The number of amides is 1. The standard InChI is InChI=1S/C21H29N5O2/c1-3-25(18-8-4-6-16(2)12-18)11-9-22-21(28)17-7-5-10-26(15-17)19-13-20(27)24-23-14-19/h4,6,8,12-14,17H,3,5,7,9-11,15H2,1-2H3,(H,22,28)(H,24,27). The second-order valence-corrected chi connectivity index (χ2v) is 7.30. The molecule has 0 spiro atoms. The second-order valence-electron chi connectivity index (χ2n) is 7.30. The summed E-state index contributed by atoms with van der Waals surface area (Å²) in [6.45, 7) is 7.96. The Bertz CT molecular complexity index is 850. The van der Waals surface area contributed by atoms with Crippen molar-refractivity contribution in [3.8, 4) is 0 Å². The molecule has 1 saturated heterocycles. The number of rotatable bonds is 7. The molecule has 1 atom stereocenters. The molecule has 3 rings (SSSR count). The monoisotopic (exact) mass is 383 g/mol. The van der Waals surface area contributed by atoms with Gasteiger partial charge >= 0.3 is 0 Å². The third kappa shape index (κ3) is 5.12. The van der Waals surface area contributed by atoms with Crippen LogP contribution in [0.5, 0.6) is 0 Å². The molecular weight excluding hydrogens is 354 g/mol. The van der Waals surface area contributed by atoms with Gasteiger partial charge in [0.15, 0.2) is 0 Å². The first-order chi connectivity index (χ1) is 13.6. The third-order valence-corrected chi connectivity index (χ3v) is 5.24. The van der Waals surface area contributed by atoms with Gasteiger partial charge in [0.05, 0.1) is 17.8 Å². The van der Waals surface area contributed by atoms with Crippen LogP contribution in [0.2, 0.25) is 0 Å². The Hall–Kier alpha value is -2.83. The van der Waals surface area contributed by atoms with Gasteiger partial charge in [-0.05, 0) is 44.4 Å². The van der Waals surface area contributed by atoms with E-state index in [0.29, 0.717) is 13.1 Å². The van der Waals surface area contributed by atoms with E-state index in [1.807, 2.05) is 0 Å². The van der Waals surface area contributed by atoms with Gasteiger partial charge in [-0.25, -0.2) is 5.10 Å². The number of hydrogen-bond donors (Lipinski definition) is 2. The maximum Gasteiger partial charge on any atom is 0.266 e. The molecule has 150 valence electrons. The molecule has 1 aliphatic rings. The fraction of sp³-hybridized carbons (Fsp3) is 0.476. The van der Waals surface area contributed by atoms with Crippen molar-refractivity contribution < 1.29 is 4.79 Å².